The number of carbonyl (C=O) groups is 1. The molecule has 0 heterocycles. The van der Waals surface area contributed by atoms with E-state index in [0.29, 0.717) is 41.8 Å². The zero-order valence-electron chi connectivity index (χ0n) is 28.0. The average Bonchev–Trinajstić information content (AvgIpc) is 3.36. The molecule has 5 saturated carbocycles. The first-order valence-electron chi connectivity index (χ1n) is 17.3. The number of carbonyl (C=O) groups excluding carboxylic acids is 1. The summed E-state index contributed by atoms with van der Waals surface area (Å²) in [6, 6.07) is 4.51. The van der Waals surface area contributed by atoms with Crippen LogP contribution < -0.4 is 0 Å². The molecule has 6 rings (SSSR count). The number of fused-ring (bicyclic) bond motifs is 7. The monoisotopic (exact) mass is 604 g/mol. The molecule has 1 aromatic rings. The van der Waals surface area contributed by atoms with Crippen LogP contribution in [0.25, 0.3) is 6.08 Å². The summed E-state index contributed by atoms with van der Waals surface area (Å²) in [4.78, 5) is 13.0. The lowest BCUT2D eigenvalue weighted by molar-refractivity contribution is -0.251. The summed E-state index contributed by atoms with van der Waals surface area (Å²) in [5.74, 6) is 2.10. The zero-order chi connectivity index (χ0) is 31.9. The van der Waals surface area contributed by atoms with Gasteiger partial charge in [-0.15, -0.1) is 0 Å². The molecule has 5 aliphatic rings. The second-order valence-electron chi connectivity index (χ2n) is 17.1. The minimum Gasteiger partial charge on any atom is -0.504 e. The number of benzene rings is 1. The fraction of sp³-hybridized carbons (Fsp3) is 0.718. The van der Waals surface area contributed by atoms with E-state index in [0.717, 1.165) is 32.1 Å². The van der Waals surface area contributed by atoms with Crippen molar-refractivity contribution >= 4 is 12.0 Å². The predicted octanol–water partition coefficient (Wildman–Crippen LogP) is 8.67. The highest BCUT2D eigenvalue weighted by molar-refractivity contribution is 5.87. The maximum atomic E-state index is 13.0. The van der Waals surface area contributed by atoms with E-state index < -0.39 is 0 Å². The van der Waals surface area contributed by atoms with Gasteiger partial charge in [-0.25, -0.2) is 4.79 Å². The highest BCUT2D eigenvalue weighted by Crippen LogP contribution is 2.77. The molecule has 0 saturated heterocycles. The Morgan fingerprint density at radius 1 is 0.909 bits per heavy atom. The molecule has 3 N–H and O–H groups in total. The van der Waals surface area contributed by atoms with Gasteiger partial charge in [0.25, 0.3) is 0 Å². The molecule has 5 nitrogen and oxygen atoms in total. The highest BCUT2D eigenvalue weighted by Gasteiger charge is 2.71. The maximum absolute atomic E-state index is 13.0. The number of phenols is 2. The van der Waals surface area contributed by atoms with Crippen molar-refractivity contribution in [3.63, 3.8) is 0 Å². The Labute approximate surface area is 265 Å². The van der Waals surface area contributed by atoms with Crippen molar-refractivity contribution < 1.29 is 24.9 Å². The van der Waals surface area contributed by atoms with Crippen molar-refractivity contribution in [3.05, 3.63) is 42.0 Å². The first-order chi connectivity index (χ1) is 20.6. The Balaban J connectivity index is 1.22. The minimum atomic E-state index is -0.355. The molecule has 5 heteroatoms. The third kappa shape index (κ3) is 4.45. The number of aliphatic hydroxyl groups excluding tert-OH is 1. The summed E-state index contributed by atoms with van der Waals surface area (Å²) < 4.78 is 6.18. The first kappa shape index (κ1) is 31.7. The van der Waals surface area contributed by atoms with E-state index in [9.17, 15) is 20.1 Å². The van der Waals surface area contributed by atoms with E-state index in [-0.39, 0.29) is 50.6 Å². The molecule has 0 unspecified atom stereocenters. The predicted molar refractivity (Wildman–Crippen MR) is 175 cm³/mol. The van der Waals surface area contributed by atoms with Gasteiger partial charge >= 0.3 is 5.97 Å². The maximum Gasteiger partial charge on any atom is 0.331 e. The van der Waals surface area contributed by atoms with Gasteiger partial charge in [0.05, 0.1) is 0 Å². The SMILES string of the molecule is C=C(C)[C@@H]1CC[C@]2(CO)CC[C@]3(C)[C@H](CC[C@@H]4[C@]5(C)CC[C@H](OC(=O)/C=C/c6ccc(O)c(O)c6)C(C)(C)[C@@H]5CC[C@]43C)[C@H]12. The molecule has 0 bridgehead atoms. The van der Waals surface area contributed by atoms with E-state index in [1.54, 1.807) is 12.1 Å². The number of phenolic OH excluding ortho intramolecular Hbond substituents is 2. The van der Waals surface area contributed by atoms with Crippen LogP contribution in [0, 0.1) is 56.7 Å². The fourth-order valence-electron chi connectivity index (χ4n) is 12.7. The summed E-state index contributed by atoms with van der Waals surface area (Å²) >= 11 is 0. The number of allylic oxidation sites excluding steroid dienone is 1. The van der Waals surface area contributed by atoms with Crippen LogP contribution in [0.2, 0.25) is 0 Å². The Hall–Kier alpha value is -2.27. The second-order valence-corrected chi connectivity index (χ2v) is 17.1. The standard InChI is InChI=1S/C39H56O5/c1-24(2)26-14-19-39(23-40)21-20-37(6)27(34(26)39)10-12-31-36(5)17-16-32(35(3,4)30(36)15-18-38(31,37)7)44-33(43)13-9-25-8-11-28(41)29(42)22-25/h8-9,11,13,22,26-27,30-32,34,40-42H,1,10,12,14-21,23H2,2-7H3/b13-9+/t26-,27+,30-,31+,32-,34-,36+,37+,38+,39+/m0/s1. The number of hydrogen-bond acceptors (Lipinski definition) is 5. The quantitative estimate of drug-likeness (QED) is 0.135. The molecule has 0 aliphatic heterocycles. The van der Waals surface area contributed by atoms with E-state index in [1.165, 1.54) is 55.9 Å². The number of hydrogen-bond donors (Lipinski definition) is 3. The second kappa shape index (κ2) is 10.6. The molecular formula is C39H56O5. The van der Waals surface area contributed by atoms with Gasteiger partial charge in [0.2, 0.25) is 0 Å². The molecule has 1 aromatic carbocycles. The third-order valence-electron chi connectivity index (χ3n) is 15.2. The van der Waals surface area contributed by atoms with Crippen molar-refractivity contribution in [3.8, 4) is 11.5 Å². The molecule has 5 fully saturated rings. The van der Waals surface area contributed by atoms with Crippen LogP contribution in [0.4, 0.5) is 0 Å². The summed E-state index contributed by atoms with van der Waals surface area (Å²) in [5.41, 5.74) is 2.61. The molecule has 0 amide bonds. The molecule has 44 heavy (non-hydrogen) atoms. The largest absolute Gasteiger partial charge is 0.504 e. The Morgan fingerprint density at radius 3 is 2.34 bits per heavy atom. The summed E-state index contributed by atoms with van der Waals surface area (Å²) in [5, 5.41) is 30.2. The van der Waals surface area contributed by atoms with Gasteiger partial charge < -0.3 is 20.1 Å². The van der Waals surface area contributed by atoms with Gasteiger partial charge in [0.15, 0.2) is 11.5 Å². The average molecular weight is 605 g/mol. The molecule has 0 radical (unpaired) electrons. The van der Waals surface area contributed by atoms with Crippen molar-refractivity contribution in [1.29, 1.82) is 0 Å². The lowest BCUT2D eigenvalue weighted by atomic mass is 9.32. The van der Waals surface area contributed by atoms with Gasteiger partial charge in [0, 0.05) is 18.1 Å². The molecule has 0 aromatic heterocycles. The summed E-state index contributed by atoms with van der Waals surface area (Å²) in [6.07, 6.45) is 14.5. The van der Waals surface area contributed by atoms with E-state index in [4.69, 9.17) is 4.74 Å². The number of aliphatic hydroxyl groups is 1. The van der Waals surface area contributed by atoms with Crippen molar-refractivity contribution in [2.45, 2.75) is 112 Å². The third-order valence-corrected chi connectivity index (χ3v) is 15.2. The summed E-state index contributed by atoms with van der Waals surface area (Å²) in [7, 11) is 0. The normalized spacial score (nSPS) is 44.2. The van der Waals surface area contributed by atoms with Crippen LogP contribution in [-0.4, -0.2) is 34.0 Å². The van der Waals surface area contributed by atoms with Crippen LogP contribution in [0.5, 0.6) is 11.5 Å². The van der Waals surface area contributed by atoms with Crippen molar-refractivity contribution in [2.24, 2.45) is 56.7 Å². The van der Waals surface area contributed by atoms with Crippen molar-refractivity contribution in [1.82, 2.24) is 0 Å². The van der Waals surface area contributed by atoms with Crippen LogP contribution in [0.1, 0.15) is 111 Å². The van der Waals surface area contributed by atoms with Gasteiger partial charge in [-0.3, -0.25) is 0 Å². The summed E-state index contributed by atoms with van der Waals surface area (Å²) in [6.45, 7) is 19.5. The smallest absolute Gasteiger partial charge is 0.331 e. The number of aromatic hydroxyl groups is 2. The Morgan fingerprint density at radius 2 is 1.66 bits per heavy atom. The minimum absolute atomic E-state index is 0.0825. The molecule has 242 valence electrons. The Kier molecular flexibility index (Phi) is 7.67. The molecule has 10 atom stereocenters. The topological polar surface area (TPSA) is 87.0 Å². The van der Waals surface area contributed by atoms with Gasteiger partial charge in [0.1, 0.15) is 6.10 Å². The molecular weight excluding hydrogens is 548 g/mol. The van der Waals surface area contributed by atoms with Crippen LogP contribution in [0.3, 0.4) is 0 Å². The number of esters is 1. The van der Waals surface area contributed by atoms with E-state index in [1.807, 2.05) is 0 Å². The van der Waals surface area contributed by atoms with E-state index in [2.05, 4.69) is 48.1 Å². The van der Waals surface area contributed by atoms with Crippen molar-refractivity contribution in [2.75, 3.05) is 6.61 Å². The molecule has 0 spiro atoms. The number of rotatable bonds is 5. The van der Waals surface area contributed by atoms with Crippen LogP contribution >= 0.6 is 0 Å². The van der Waals surface area contributed by atoms with Crippen LogP contribution in [0.15, 0.2) is 36.4 Å². The fourth-order valence-corrected chi connectivity index (χ4v) is 12.7. The van der Waals surface area contributed by atoms with Gasteiger partial charge in [-0.1, -0.05) is 52.8 Å². The highest BCUT2D eigenvalue weighted by atomic mass is 16.5. The lowest BCUT2D eigenvalue weighted by Crippen LogP contribution is -2.67. The van der Waals surface area contributed by atoms with Gasteiger partial charge in [-0.2, -0.15) is 0 Å². The zero-order valence-corrected chi connectivity index (χ0v) is 28.0. The first-order valence-corrected chi connectivity index (χ1v) is 17.3. The number of ether oxygens (including phenoxy) is 1. The Bertz CT molecular complexity index is 1350. The molecule has 5 aliphatic carbocycles. The van der Waals surface area contributed by atoms with Gasteiger partial charge in [-0.05, 0) is 146 Å². The van der Waals surface area contributed by atoms with E-state index >= 15 is 0 Å². The van der Waals surface area contributed by atoms with Crippen LogP contribution in [-0.2, 0) is 9.53 Å². The lowest BCUT2D eigenvalue weighted by Gasteiger charge is -2.73.